The number of alkyl halides is 6. The molecule has 0 atom stereocenters. The second-order valence-electron chi connectivity index (χ2n) is 8.06. The van der Waals surface area contributed by atoms with Gasteiger partial charge in [-0.1, -0.05) is 41.4 Å². The van der Waals surface area contributed by atoms with E-state index in [4.69, 9.17) is 11.6 Å². The lowest BCUT2D eigenvalue weighted by Crippen LogP contribution is -2.37. The molecule has 198 valence electrons. The van der Waals surface area contributed by atoms with Gasteiger partial charge in [-0.05, 0) is 55.0 Å². The molecular weight excluding hydrogens is 546 g/mol. The van der Waals surface area contributed by atoms with Crippen LogP contribution in [0.15, 0.2) is 71.6 Å². The molecule has 0 unspecified atom stereocenters. The number of rotatable bonds is 7. The lowest BCUT2D eigenvalue weighted by molar-refractivity contribution is -0.143. The summed E-state index contributed by atoms with van der Waals surface area (Å²) < 4.78 is 106. The van der Waals surface area contributed by atoms with E-state index in [0.29, 0.717) is 22.7 Å². The summed E-state index contributed by atoms with van der Waals surface area (Å²) in [6, 6.07) is 12.4. The SMILES string of the molecule is Cc1ccc(S(=O)(=O)N(CC(=O)Nc2cc(C(F)(F)F)cc(C(F)(F)F)c2)Cc2cccc(Cl)c2)cc1. The Morgan fingerprint density at radius 2 is 1.46 bits per heavy atom. The highest BCUT2D eigenvalue weighted by molar-refractivity contribution is 7.89. The van der Waals surface area contributed by atoms with E-state index in [0.717, 1.165) is 9.87 Å². The van der Waals surface area contributed by atoms with Crippen molar-refractivity contribution in [3.05, 3.63) is 94.0 Å². The lowest BCUT2D eigenvalue weighted by atomic mass is 10.1. The molecular formula is C24H19ClF6N2O3S. The third-order valence-electron chi connectivity index (χ3n) is 5.10. The molecule has 0 fully saturated rings. The Kier molecular flexibility index (Phi) is 8.25. The molecule has 0 aromatic heterocycles. The van der Waals surface area contributed by atoms with Gasteiger partial charge in [0.2, 0.25) is 15.9 Å². The first-order valence-corrected chi connectivity index (χ1v) is 12.3. The average molecular weight is 565 g/mol. The van der Waals surface area contributed by atoms with E-state index in [-0.39, 0.29) is 17.5 Å². The predicted molar refractivity (Wildman–Crippen MR) is 125 cm³/mol. The van der Waals surface area contributed by atoms with Crippen LogP contribution < -0.4 is 5.32 Å². The van der Waals surface area contributed by atoms with Gasteiger partial charge in [-0.15, -0.1) is 0 Å². The molecule has 0 heterocycles. The fourth-order valence-electron chi connectivity index (χ4n) is 3.31. The highest BCUT2D eigenvalue weighted by atomic mass is 35.5. The number of sulfonamides is 1. The van der Waals surface area contributed by atoms with Crippen LogP contribution in [0.3, 0.4) is 0 Å². The fourth-order valence-corrected chi connectivity index (χ4v) is 4.91. The fraction of sp³-hybridized carbons (Fsp3) is 0.208. The molecule has 3 rings (SSSR count). The van der Waals surface area contributed by atoms with Crippen molar-refractivity contribution in [1.82, 2.24) is 4.31 Å². The second kappa shape index (κ2) is 10.7. The Morgan fingerprint density at radius 3 is 1.97 bits per heavy atom. The summed E-state index contributed by atoms with van der Waals surface area (Å²) in [7, 11) is -4.31. The van der Waals surface area contributed by atoms with Crippen LogP contribution in [0, 0.1) is 6.92 Å². The van der Waals surface area contributed by atoms with Gasteiger partial charge in [0.25, 0.3) is 0 Å². The number of nitrogens with one attached hydrogen (secondary N) is 1. The maximum atomic E-state index is 13.3. The van der Waals surface area contributed by atoms with Gasteiger partial charge in [-0.2, -0.15) is 30.6 Å². The zero-order valence-electron chi connectivity index (χ0n) is 19.0. The molecule has 0 aliphatic heterocycles. The number of halogens is 7. The minimum Gasteiger partial charge on any atom is -0.325 e. The molecule has 5 nitrogen and oxygen atoms in total. The second-order valence-corrected chi connectivity index (χ2v) is 10.4. The zero-order chi connectivity index (χ0) is 27.6. The molecule has 3 aromatic rings. The van der Waals surface area contributed by atoms with Crippen LogP contribution in [-0.4, -0.2) is 25.2 Å². The number of hydrogen-bond acceptors (Lipinski definition) is 3. The predicted octanol–water partition coefficient (Wildman–Crippen LogP) is 6.52. The molecule has 0 aliphatic carbocycles. The minimum atomic E-state index is -5.12. The number of anilines is 1. The first-order chi connectivity index (χ1) is 17.1. The zero-order valence-corrected chi connectivity index (χ0v) is 20.6. The van der Waals surface area contributed by atoms with Crippen molar-refractivity contribution in [3.8, 4) is 0 Å². The normalized spacial score (nSPS) is 12.6. The van der Waals surface area contributed by atoms with Crippen LogP contribution in [0.4, 0.5) is 32.0 Å². The van der Waals surface area contributed by atoms with Gasteiger partial charge in [0.15, 0.2) is 0 Å². The number of benzene rings is 3. The number of hydrogen-bond donors (Lipinski definition) is 1. The van der Waals surface area contributed by atoms with E-state index in [1.165, 1.54) is 30.3 Å². The number of aryl methyl sites for hydroxylation is 1. The molecule has 13 heteroatoms. The molecule has 0 bridgehead atoms. The molecule has 0 radical (unpaired) electrons. The van der Waals surface area contributed by atoms with Gasteiger partial charge < -0.3 is 5.32 Å². The van der Waals surface area contributed by atoms with Gasteiger partial charge in [-0.3, -0.25) is 4.79 Å². The third kappa shape index (κ3) is 7.46. The summed E-state index contributed by atoms with van der Waals surface area (Å²) in [6.07, 6.45) is -10.2. The van der Waals surface area contributed by atoms with Crippen molar-refractivity contribution in [2.75, 3.05) is 11.9 Å². The van der Waals surface area contributed by atoms with Crippen molar-refractivity contribution in [2.24, 2.45) is 0 Å². The molecule has 37 heavy (non-hydrogen) atoms. The van der Waals surface area contributed by atoms with Crippen LogP contribution >= 0.6 is 11.6 Å². The van der Waals surface area contributed by atoms with E-state index in [2.05, 4.69) is 0 Å². The van der Waals surface area contributed by atoms with E-state index in [9.17, 15) is 39.6 Å². The van der Waals surface area contributed by atoms with Crippen molar-refractivity contribution in [3.63, 3.8) is 0 Å². The molecule has 3 aromatic carbocycles. The summed E-state index contributed by atoms with van der Waals surface area (Å²) in [4.78, 5) is 12.6. The lowest BCUT2D eigenvalue weighted by Gasteiger charge is -2.22. The van der Waals surface area contributed by atoms with Crippen LogP contribution in [0.25, 0.3) is 0 Å². The molecule has 1 amide bonds. The highest BCUT2D eigenvalue weighted by Crippen LogP contribution is 2.37. The van der Waals surface area contributed by atoms with Gasteiger partial charge in [0.05, 0.1) is 22.6 Å². The maximum absolute atomic E-state index is 13.3. The van der Waals surface area contributed by atoms with Crippen molar-refractivity contribution >= 4 is 33.2 Å². The highest BCUT2D eigenvalue weighted by Gasteiger charge is 2.37. The first-order valence-electron chi connectivity index (χ1n) is 10.5. The number of amides is 1. The van der Waals surface area contributed by atoms with Gasteiger partial charge in [0, 0.05) is 17.3 Å². The van der Waals surface area contributed by atoms with Crippen molar-refractivity contribution in [2.45, 2.75) is 30.7 Å². The number of carbonyl (C=O) groups is 1. The Balaban J connectivity index is 1.95. The molecule has 1 N–H and O–H groups in total. The van der Waals surface area contributed by atoms with Gasteiger partial charge >= 0.3 is 12.4 Å². The van der Waals surface area contributed by atoms with Crippen molar-refractivity contribution < 1.29 is 39.6 Å². The number of carbonyl (C=O) groups excluding carboxylic acids is 1. The Bertz CT molecular complexity index is 1360. The minimum absolute atomic E-state index is 0.0804. The van der Waals surface area contributed by atoms with E-state index >= 15 is 0 Å². The molecule has 0 aliphatic rings. The topological polar surface area (TPSA) is 66.5 Å². The quantitative estimate of drug-likeness (QED) is 0.333. The maximum Gasteiger partial charge on any atom is 0.416 e. The third-order valence-corrected chi connectivity index (χ3v) is 7.14. The molecule has 0 spiro atoms. The van der Waals surface area contributed by atoms with Gasteiger partial charge in [-0.25, -0.2) is 8.42 Å². The average Bonchev–Trinajstić information content (AvgIpc) is 2.77. The summed E-state index contributed by atoms with van der Waals surface area (Å²) in [5, 5.41) is 2.25. The van der Waals surface area contributed by atoms with Crippen LogP contribution in [0.5, 0.6) is 0 Å². The van der Waals surface area contributed by atoms with E-state index in [1.807, 2.05) is 5.32 Å². The summed E-state index contributed by atoms with van der Waals surface area (Å²) in [6.45, 7) is 0.485. The smallest absolute Gasteiger partial charge is 0.325 e. The summed E-state index contributed by atoms with van der Waals surface area (Å²) in [5.74, 6) is -1.15. The summed E-state index contributed by atoms with van der Waals surface area (Å²) >= 11 is 5.96. The Hall–Kier alpha value is -3.09. The molecule has 0 saturated heterocycles. The standard InChI is InChI=1S/C24H19ClF6N2O3S/c1-15-5-7-21(8-6-15)37(35,36)33(13-16-3-2-4-19(25)9-16)14-22(34)32-20-11-17(23(26,27)28)10-18(12-20)24(29,30)31/h2-12H,13-14H2,1H3,(H,32,34). The van der Waals surface area contributed by atoms with Crippen LogP contribution in [-0.2, 0) is 33.7 Å². The van der Waals surface area contributed by atoms with E-state index in [1.54, 1.807) is 25.1 Å². The number of nitrogens with zero attached hydrogens (tertiary/aromatic N) is 1. The van der Waals surface area contributed by atoms with Crippen molar-refractivity contribution in [1.29, 1.82) is 0 Å². The largest absolute Gasteiger partial charge is 0.416 e. The monoisotopic (exact) mass is 564 g/mol. The Morgan fingerprint density at radius 1 is 0.892 bits per heavy atom. The first kappa shape index (κ1) is 28.5. The van der Waals surface area contributed by atoms with Crippen LogP contribution in [0.2, 0.25) is 5.02 Å². The molecule has 0 saturated carbocycles. The summed E-state index contributed by atoms with van der Waals surface area (Å²) in [5.41, 5.74) is -2.87. The van der Waals surface area contributed by atoms with Crippen LogP contribution in [0.1, 0.15) is 22.3 Å². The van der Waals surface area contributed by atoms with E-state index < -0.39 is 51.6 Å². The van der Waals surface area contributed by atoms with Gasteiger partial charge in [0.1, 0.15) is 0 Å². The Labute approximate surface area is 213 Å².